The van der Waals surface area contributed by atoms with Crippen molar-refractivity contribution in [1.29, 1.82) is 0 Å². The molecule has 0 aromatic heterocycles. The number of hydrogen-bond acceptors (Lipinski definition) is 2. The fourth-order valence-corrected chi connectivity index (χ4v) is 2.90. The van der Waals surface area contributed by atoms with E-state index in [-0.39, 0.29) is 12.4 Å². The molecule has 1 unspecified atom stereocenters. The fourth-order valence-electron chi connectivity index (χ4n) is 1.61. The maximum atomic E-state index is 12.2. The Morgan fingerprint density at radius 3 is 2.44 bits per heavy atom. The van der Waals surface area contributed by atoms with Crippen molar-refractivity contribution in [2.45, 2.75) is 11.8 Å². The van der Waals surface area contributed by atoms with Gasteiger partial charge in [0.25, 0.3) is 10.0 Å². The van der Waals surface area contributed by atoms with Gasteiger partial charge >= 0.3 is 0 Å². The first-order valence-electron chi connectivity index (χ1n) is 5.29. The minimum atomic E-state index is -3.42. The maximum absolute atomic E-state index is 12.2. The highest BCUT2D eigenvalue weighted by atomic mass is 35.5. The summed E-state index contributed by atoms with van der Waals surface area (Å²) in [5.41, 5.74) is 1.04. The zero-order valence-corrected chi connectivity index (χ0v) is 11.6. The smallest absolute Gasteiger partial charge is 0.268 e. The minimum Gasteiger partial charge on any atom is -1.00 e. The molecule has 1 atom stereocenters. The number of halogens is 1. The van der Waals surface area contributed by atoms with Crippen molar-refractivity contribution >= 4 is 10.0 Å². The molecule has 0 aliphatic carbocycles. The van der Waals surface area contributed by atoms with E-state index < -0.39 is 10.0 Å². The van der Waals surface area contributed by atoms with Crippen molar-refractivity contribution in [3.63, 3.8) is 0 Å². The van der Waals surface area contributed by atoms with Gasteiger partial charge in [-0.3, -0.25) is 4.90 Å². The number of nitrogens with one attached hydrogen (secondary N) is 1. The molecule has 0 bridgehead atoms. The molecule has 1 aromatic carbocycles. The standard InChI is InChI=1S/C12H14N2O2S.ClH/c1-3-13-8-9-14(10-13)17(15,16)12-6-4-11(2)5-7-12;/h3-9H,1,10H2,2H3;1H. The number of quaternary nitrogens is 1. The molecule has 18 heavy (non-hydrogen) atoms. The van der Waals surface area contributed by atoms with E-state index >= 15 is 0 Å². The third-order valence-corrected chi connectivity index (χ3v) is 4.42. The van der Waals surface area contributed by atoms with Gasteiger partial charge in [0.1, 0.15) is 6.20 Å². The summed E-state index contributed by atoms with van der Waals surface area (Å²) in [4.78, 5) is 1.22. The Balaban J connectivity index is 0.00000162. The van der Waals surface area contributed by atoms with E-state index in [1.54, 1.807) is 42.9 Å². The molecule has 98 valence electrons. The molecule has 1 aliphatic rings. The predicted molar refractivity (Wildman–Crippen MR) is 65.4 cm³/mol. The second kappa shape index (κ2) is 5.56. The van der Waals surface area contributed by atoms with Crippen LogP contribution in [0.15, 0.2) is 54.3 Å². The van der Waals surface area contributed by atoms with E-state index in [2.05, 4.69) is 6.58 Å². The van der Waals surface area contributed by atoms with E-state index in [0.29, 0.717) is 11.6 Å². The van der Waals surface area contributed by atoms with Crippen LogP contribution in [0.3, 0.4) is 0 Å². The molecule has 0 spiro atoms. The molecule has 0 saturated heterocycles. The molecule has 4 nitrogen and oxygen atoms in total. The Kier molecular flexibility index (Phi) is 4.56. The zero-order valence-electron chi connectivity index (χ0n) is 10.0. The van der Waals surface area contributed by atoms with Gasteiger partial charge in [0.2, 0.25) is 0 Å². The van der Waals surface area contributed by atoms with Crippen LogP contribution in [0.5, 0.6) is 0 Å². The highest BCUT2D eigenvalue weighted by molar-refractivity contribution is 7.89. The fraction of sp³-hybridized carbons (Fsp3) is 0.167. The summed E-state index contributed by atoms with van der Waals surface area (Å²) in [6.07, 6.45) is 5.01. The monoisotopic (exact) mass is 286 g/mol. The van der Waals surface area contributed by atoms with E-state index in [9.17, 15) is 8.42 Å². The lowest BCUT2D eigenvalue weighted by atomic mass is 10.2. The van der Waals surface area contributed by atoms with Crippen LogP contribution >= 0.6 is 0 Å². The van der Waals surface area contributed by atoms with Crippen LogP contribution in [0.4, 0.5) is 0 Å². The number of benzene rings is 1. The summed E-state index contributed by atoms with van der Waals surface area (Å²) in [6, 6.07) is 6.85. The molecule has 1 aromatic rings. The van der Waals surface area contributed by atoms with Crippen LogP contribution < -0.4 is 17.3 Å². The summed E-state index contributed by atoms with van der Waals surface area (Å²) < 4.78 is 25.8. The van der Waals surface area contributed by atoms with Crippen molar-refractivity contribution in [3.05, 3.63) is 55.0 Å². The van der Waals surface area contributed by atoms with Crippen molar-refractivity contribution in [3.8, 4) is 0 Å². The van der Waals surface area contributed by atoms with Crippen LogP contribution in [0.2, 0.25) is 0 Å². The van der Waals surface area contributed by atoms with Crippen LogP contribution in [0.1, 0.15) is 5.56 Å². The summed E-state index contributed by atoms with van der Waals surface area (Å²) >= 11 is 0. The first-order chi connectivity index (χ1) is 8.04. The second-order valence-corrected chi connectivity index (χ2v) is 5.85. The van der Waals surface area contributed by atoms with Crippen LogP contribution in [-0.4, -0.2) is 19.4 Å². The molecular weight excluding hydrogens is 272 g/mol. The van der Waals surface area contributed by atoms with E-state index in [1.165, 1.54) is 4.31 Å². The number of rotatable bonds is 3. The second-order valence-electron chi connectivity index (χ2n) is 3.96. The Morgan fingerprint density at radius 1 is 1.33 bits per heavy atom. The molecule has 0 fully saturated rings. The van der Waals surface area contributed by atoms with Gasteiger partial charge in [0.15, 0.2) is 6.67 Å². The molecule has 0 amide bonds. The first kappa shape index (κ1) is 14.8. The van der Waals surface area contributed by atoms with Crippen molar-refractivity contribution in [1.82, 2.24) is 4.31 Å². The number of aryl methyl sites for hydroxylation is 1. The summed E-state index contributed by atoms with van der Waals surface area (Å²) in [7, 11) is -3.42. The Bertz CT molecular complexity index is 552. The van der Waals surface area contributed by atoms with Gasteiger partial charge in [-0.05, 0) is 25.6 Å². The van der Waals surface area contributed by atoms with E-state index in [0.717, 1.165) is 10.5 Å². The van der Waals surface area contributed by atoms with Crippen molar-refractivity contribution in [2.24, 2.45) is 0 Å². The van der Waals surface area contributed by atoms with Gasteiger partial charge in [-0.2, -0.15) is 0 Å². The molecule has 2 rings (SSSR count). The van der Waals surface area contributed by atoms with Crippen molar-refractivity contribution < 1.29 is 25.7 Å². The Labute approximate surface area is 114 Å². The van der Waals surface area contributed by atoms with Gasteiger partial charge in [-0.15, -0.1) is 0 Å². The molecule has 1 heterocycles. The lowest BCUT2D eigenvalue weighted by Crippen LogP contribution is -3.02. The van der Waals surface area contributed by atoms with Crippen molar-refractivity contribution in [2.75, 3.05) is 6.67 Å². The molecule has 0 saturated carbocycles. The topological polar surface area (TPSA) is 41.8 Å². The minimum absolute atomic E-state index is 0. The summed E-state index contributed by atoms with van der Waals surface area (Å²) in [5.74, 6) is 0. The molecule has 0 radical (unpaired) electrons. The molecule has 1 aliphatic heterocycles. The van der Waals surface area contributed by atoms with Crippen LogP contribution in [0.25, 0.3) is 0 Å². The summed E-state index contributed by atoms with van der Waals surface area (Å²) in [5, 5.41) is 0. The predicted octanol–water partition coefficient (Wildman–Crippen LogP) is -2.54. The van der Waals surface area contributed by atoms with E-state index in [1.807, 2.05) is 6.92 Å². The Morgan fingerprint density at radius 2 is 1.94 bits per heavy atom. The van der Waals surface area contributed by atoms with E-state index in [4.69, 9.17) is 0 Å². The number of hydrogen-bond donors (Lipinski definition) is 1. The lowest BCUT2D eigenvalue weighted by Gasteiger charge is -2.15. The first-order valence-corrected chi connectivity index (χ1v) is 6.73. The highest BCUT2D eigenvalue weighted by Gasteiger charge is 2.28. The zero-order chi connectivity index (χ0) is 12.5. The highest BCUT2D eigenvalue weighted by Crippen LogP contribution is 2.16. The van der Waals surface area contributed by atoms with Gasteiger partial charge in [0, 0.05) is 0 Å². The third kappa shape index (κ3) is 2.75. The SMILES string of the molecule is C=C[NH+]1C=CN(S(=O)(=O)c2ccc(C)cc2)C1.[Cl-]. The third-order valence-electron chi connectivity index (χ3n) is 2.68. The normalized spacial score (nSPS) is 18.5. The molecule has 6 heteroatoms. The van der Waals surface area contributed by atoms with Crippen LogP contribution in [-0.2, 0) is 10.0 Å². The summed E-state index contributed by atoms with van der Waals surface area (Å²) in [6.45, 7) is 5.92. The van der Waals surface area contributed by atoms with Gasteiger partial charge < -0.3 is 12.4 Å². The van der Waals surface area contributed by atoms with Gasteiger partial charge in [-0.1, -0.05) is 17.7 Å². The Hall–Kier alpha value is -1.30. The van der Waals surface area contributed by atoms with Crippen LogP contribution in [0, 0.1) is 6.92 Å². The average molecular weight is 287 g/mol. The lowest BCUT2D eigenvalue weighted by molar-refractivity contribution is -0.789. The van der Waals surface area contributed by atoms with Gasteiger partial charge in [0.05, 0.1) is 17.3 Å². The largest absolute Gasteiger partial charge is 1.00 e. The number of nitrogens with zero attached hydrogens (tertiary/aromatic N) is 1. The molecular formula is C12H15ClN2O2S. The quantitative estimate of drug-likeness (QED) is 0.665. The van der Waals surface area contributed by atoms with Gasteiger partial charge in [-0.25, -0.2) is 12.7 Å². The number of sulfonamides is 1. The maximum Gasteiger partial charge on any atom is 0.268 e. The average Bonchev–Trinajstić information content (AvgIpc) is 2.78. The molecule has 1 N–H and O–H groups in total.